The van der Waals surface area contributed by atoms with Crippen LogP contribution in [-0.4, -0.2) is 37.4 Å². The summed E-state index contributed by atoms with van der Waals surface area (Å²) in [5.41, 5.74) is 1.14. The number of rotatable bonds is 5. The number of carbonyl (C=O) groups excluding carboxylic acids is 1. The highest BCUT2D eigenvalue weighted by molar-refractivity contribution is 7.91. The lowest BCUT2D eigenvalue weighted by atomic mass is 10.1. The average Bonchev–Trinajstić information content (AvgIpc) is 2.76. The Labute approximate surface area is 113 Å². The van der Waals surface area contributed by atoms with E-state index >= 15 is 0 Å². The van der Waals surface area contributed by atoms with Gasteiger partial charge in [-0.15, -0.1) is 0 Å². The zero-order valence-electron chi connectivity index (χ0n) is 10.7. The molecule has 2 rings (SSSR count). The predicted molar refractivity (Wildman–Crippen MR) is 72.3 cm³/mol. The Balaban J connectivity index is 1.68. The Bertz CT molecular complexity index is 528. The van der Waals surface area contributed by atoms with Crippen LogP contribution in [0.4, 0.5) is 0 Å². The number of aryl methyl sites for hydroxylation is 1. The van der Waals surface area contributed by atoms with Crippen molar-refractivity contribution >= 4 is 15.7 Å². The summed E-state index contributed by atoms with van der Waals surface area (Å²) in [6.45, 7) is 0.574. The van der Waals surface area contributed by atoms with Crippen LogP contribution in [0.25, 0.3) is 0 Å². The van der Waals surface area contributed by atoms with Gasteiger partial charge in [-0.1, -0.05) is 6.07 Å². The summed E-state index contributed by atoms with van der Waals surface area (Å²) in [6.07, 6.45) is 5.68. The molecule has 1 aromatic heterocycles. The molecule has 1 atom stereocenters. The van der Waals surface area contributed by atoms with Gasteiger partial charge in [0.2, 0.25) is 5.91 Å². The van der Waals surface area contributed by atoms with Crippen LogP contribution in [-0.2, 0) is 21.1 Å². The van der Waals surface area contributed by atoms with E-state index in [9.17, 15) is 13.2 Å². The van der Waals surface area contributed by atoms with Crippen LogP contribution in [0.15, 0.2) is 24.5 Å². The second kappa shape index (κ2) is 6.14. The minimum atomic E-state index is -2.98. The van der Waals surface area contributed by atoms with Gasteiger partial charge >= 0.3 is 0 Å². The van der Waals surface area contributed by atoms with Gasteiger partial charge in [-0.3, -0.25) is 9.78 Å². The number of sulfone groups is 1. The van der Waals surface area contributed by atoms with Crippen molar-refractivity contribution in [2.75, 3.05) is 18.1 Å². The number of aromatic nitrogens is 1. The first-order chi connectivity index (χ1) is 9.07. The quantitative estimate of drug-likeness (QED) is 0.801. The summed E-state index contributed by atoms with van der Waals surface area (Å²) in [4.78, 5) is 15.8. The van der Waals surface area contributed by atoms with Gasteiger partial charge in [0, 0.05) is 18.9 Å². The van der Waals surface area contributed by atoms with Crippen LogP contribution in [0.5, 0.6) is 0 Å². The molecule has 5 nitrogen and oxygen atoms in total. The molecule has 1 fully saturated rings. The van der Waals surface area contributed by atoms with Crippen LogP contribution in [0.1, 0.15) is 18.4 Å². The molecule has 1 N–H and O–H groups in total. The van der Waals surface area contributed by atoms with Gasteiger partial charge in [0.05, 0.1) is 17.4 Å². The fourth-order valence-electron chi connectivity index (χ4n) is 2.20. The smallest absolute Gasteiger partial charge is 0.224 e. The molecule has 0 radical (unpaired) electrons. The van der Waals surface area contributed by atoms with Crippen molar-refractivity contribution in [2.45, 2.75) is 19.3 Å². The minimum Gasteiger partial charge on any atom is -0.356 e. The molecule has 1 aliphatic rings. The molecular formula is C13H18N2O3S. The Morgan fingerprint density at radius 3 is 2.95 bits per heavy atom. The van der Waals surface area contributed by atoms with Gasteiger partial charge in [-0.05, 0) is 30.9 Å². The van der Waals surface area contributed by atoms with E-state index in [2.05, 4.69) is 10.3 Å². The topological polar surface area (TPSA) is 76.1 Å². The van der Waals surface area contributed by atoms with Crippen molar-refractivity contribution in [2.24, 2.45) is 5.92 Å². The van der Waals surface area contributed by atoms with Crippen molar-refractivity contribution in [3.05, 3.63) is 30.1 Å². The van der Waals surface area contributed by atoms with E-state index in [1.807, 2.05) is 18.3 Å². The Morgan fingerprint density at radius 2 is 2.32 bits per heavy atom. The molecule has 0 aliphatic carbocycles. The van der Waals surface area contributed by atoms with Crippen LogP contribution in [0, 0.1) is 5.92 Å². The molecule has 0 unspecified atom stereocenters. The van der Waals surface area contributed by atoms with Crippen LogP contribution in [0.3, 0.4) is 0 Å². The molecule has 19 heavy (non-hydrogen) atoms. The number of nitrogens with zero attached hydrogens (tertiary/aromatic N) is 1. The lowest BCUT2D eigenvalue weighted by molar-refractivity contribution is -0.124. The van der Waals surface area contributed by atoms with Crippen molar-refractivity contribution in [3.8, 4) is 0 Å². The molecule has 0 aromatic carbocycles. The van der Waals surface area contributed by atoms with Crippen molar-refractivity contribution in [3.63, 3.8) is 0 Å². The maximum absolute atomic E-state index is 11.8. The number of hydrogen-bond donors (Lipinski definition) is 1. The summed E-state index contributed by atoms with van der Waals surface area (Å²) >= 11 is 0. The summed E-state index contributed by atoms with van der Waals surface area (Å²) in [5, 5.41) is 2.81. The molecule has 104 valence electrons. The number of hydrogen-bond acceptors (Lipinski definition) is 4. The third kappa shape index (κ3) is 4.31. The Kier molecular flexibility index (Phi) is 4.52. The standard InChI is InChI=1S/C13H18N2O3S/c16-13(12-5-8-19(17,18)10-12)15-7-2-4-11-3-1-6-14-9-11/h1,3,6,9,12H,2,4-5,7-8,10H2,(H,15,16)/t12-/m0/s1. The van der Waals surface area contributed by atoms with Crippen LogP contribution in [0.2, 0.25) is 0 Å². The number of amides is 1. The number of carbonyl (C=O) groups is 1. The number of nitrogens with one attached hydrogen (secondary N) is 1. The molecule has 0 bridgehead atoms. The van der Waals surface area contributed by atoms with Crippen molar-refractivity contribution in [1.82, 2.24) is 10.3 Å². The predicted octanol–water partition coefficient (Wildman–Crippen LogP) is 0.565. The molecule has 0 saturated carbocycles. The van der Waals surface area contributed by atoms with E-state index in [1.165, 1.54) is 0 Å². The summed E-state index contributed by atoms with van der Waals surface area (Å²) < 4.78 is 22.5. The first kappa shape index (κ1) is 14.0. The Hall–Kier alpha value is -1.43. The summed E-state index contributed by atoms with van der Waals surface area (Å²) in [6, 6.07) is 3.88. The van der Waals surface area contributed by atoms with Crippen molar-refractivity contribution in [1.29, 1.82) is 0 Å². The molecule has 0 spiro atoms. The highest BCUT2D eigenvalue weighted by Gasteiger charge is 2.32. The van der Waals surface area contributed by atoms with E-state index < -0.39 is 9.84 Å². The van der Waals surface area contributed by atoms with E-state index in [0.717, 1.165) is 18.4 Å². The average molecular weight is 282 g/mol. The van der Waals surface area contributed by atoms with Crippen LogP contribution < -0.4 is 5.32 Å². The molecule has 1 amide bonds. The van der Waals surface area contributed by atoms with Gasteiger partial charge in [-0.25, -0.2) is 8.42 Å². The lowest BCUT2D eigenvalue weighted by Crippen LogP contribution is -2.32. The van der Waals surface area contributed by atoms with Crippen LogP contribution >= 0.6 is 0 Å². The minimum absolute atomic E-state index is 0.00143. The van der Waals surface area contributed by atoms with Crippen molar-refractivity contribution < 1.29 is 13.2 Å². The molecular weight excluding hydrogens is 264 g/mol. The maximum atomic E-state index is 11.8. The monoisotopic (exact) mass is 282 g/mol. The molecule has 2 heterocycles. The first-order valence-corrected chi connectivity index (χ1v) is 8.26. The van der Waals surface area contributed by atoms with E-state index in [1.54, 1.807) is 6.20 Å². The van der Waals surface area contributed by atoms with Gasteiger partial charge < -0.3 is 5.32 Å². The fraction of sp³-hybridized carbons (Fsp3) is 0.538. The van der Waals surface area contributed by atoms with E-state index in [-0.39, 0.29) is 23.3 Å². The second-order valence-electron chi connectivity index (χ2n) is 4.86. The van der Waals surface area contributed by atoms with Gasteiger partial charge in [0.25, 0.3) is 0 Å². The highest BCUT2D eigenvalue weighted by atomic mass is 32.2. The zero-order chi connectivity index (χ0) is 13.7. The second-order valence-corrected chi connectivity index (χ2v) is 7.08. The zero-order valence-corrected chi connectivity index (χ0v) is 11.5. The number of pyridine rings is 1. The largest absolute Gasteiger partial charge is 0.356 e. The summed E-state index contributed by atoms with van der Waals surface area (Å²) in [5.74, 6) is -0.349. The molecule has 6 heteroatoms. The first-order valence-electron chi connectivity index (χ1n) is 6.44. The third-order valence-corrected chi connectivity index (χ3v) is 5.04. The Morgan fingerprint density at radius 1 is 1.47 bits per heavy atom. The summed E-state index contributed by atoms with van der Waals surface area (Å²) in [7, 11) is -2.98. The fourth-order valence-corrected chi connectivity index (χ4v) is 3.94. The van der Waals surface area contributed by atoms with E-state index in [4.69, 9.17) is 0 Å². The lowest BCUT2D eigenvalue weighted by Gasteiger charge is -2.09. The maximum Gasteiger partial charge on any atom is 0.224 e. The SMILES string of the molecule is O=C(NCCCc1cccnc1)[C@H]1CCS(=O)(=O)C1. The van der Waals surface area contributed by atoms with Gasteiger partial charge in [-0.2, -0.15) is 0 Å². The molecule has 1 saturated heterocycles. The highest BCUT2D eigenvalue weighted by Crippen LogP contribution is 2.18. The molecule has 1 aliphatic heterocycles. The van der Waals surface area contributed by atoms with E-state index in [0.29, 0.717) is 13.0 Å². The van der Waals surface area contributed by atoms with Gasteiger partial charge in [0.15, 0.2) is 9.84 Å². The van der Waals surface area contributed by atoms with Gasteiger partial charge in [0.1, 0.15) is 0 Å². The molecule has 1 aromatic rings. The third-order valence-electron chi connectivity index (χ3n) is 3.27. The normalized spacial score (nSPS) is 21.2.